The molecule has 11 nitrogen and oxygen atoms in total. The summed E-state index contributed by atoms with van der Waals surface area (Å²) in [7, 11) is 0.0116. The Labute approximate surface area is 242 Å². The van der Waals surface area contributed by atoms with Crippen molar-refractivity contribution in [3.8, 4) is 11.3 Å². The lowest BCUT2D eigenvalue weighted by atomic mass is 10.1. The quantitative estimate of drug-likeness (QED) is 0.269. The van der Waals surface area contributed by atoms with Crippen molar-refractivity contribution < 1.29 is 28.6 Å². The number of benzene rings is 1. The van der Waals surface area contributed by atoms with Gasteiger partial charge in [-0.1, -0.05) is 19.6 Å². The van der Waals surface area contributed by atoms with Gasteiger partial charge in [0.1, 0.15) is 18.2 Å². The first kappa shape index (κ1) is 30.6. The van der Waals surface area contributed by atoms with Crippen molar-refractivity contribution >= 4 is 37.5 Å². The Morgan fingerprint density at radius 3 is 2.59 bits per heavy atom. The van der Waals surface area contributed by atoms with E-state index < -0.39 is 31.9 Å². The fourth-order valence-electron chi connectivity index (χ4n) is 4.87. The smallest absolute Gasteiger partial charge is 0.411 e. The van der Waals surface area contributed by atoms with Gasteiger partial charge in [-0.15, -0.1) is 0 Å². The van der Waals surface area contributed by atoms with Gasteiger partial charge in [0, 0.05) is 38.5 Å². The van der Waals surface area contributed by atoms with E-state index in [9.17, 15) is 14.4 Å². The highest BCUT2D eigenvalue weighted by atomic mass is 28.3. The van der Waals surface area contributed by atoms with Crippen molar-refractivity contribution in [2.75, 3.05) is 24.4 Å². The molecule has 3 N–H and O–H groups in total. The second kappa shape index (κ2) is 12.2. The summed E-state index contributed by atoms with van der Waals surface area (Å²) in [6, 6.07) is 5.81. The maximum Gasteiger partial charge on any atom is 0.411 e. The largest absolute Gasteiger partial charge is 0.453 e. The standard InChI is InChI=1S/C29H43N5O6Si/c1-29(2,3)40-28(37)33-23-13-18-12-19(18)14-25(35)31-22-15-20(30-27(36)38-4)8-9-21(22)24-16-34(26(23)32-24)17-39-10-11-41(5,6)7/h8-9,15-16,18-19,23H,10-14,17H2,1-7H3,(H,30,36)(H,31,35)(H,33,37)/t18?,19?,23-/m0/s1. The van der Waals surface area contributed by atoms with Crippen LogP contribution in [0.2, 0.25) is 25.7 Å². The van der Waals surface area contributed by atoms with Gasteiger partial charge in [-0.2, -0.15) is 0 Å². The second-order valence-electron chi connectivity index (χ2n) is 13.1. The topological polar surface area (TPSA) is 133 Å². The number of imidazole rings is 1. The molecule has 0 spiro atoms. The molecule has 1 aliphatic heterocycles. The minimum atomic E-state index is -1.28. The molecule has 12 heteroatoms. The Hall–Kier alpha value is -3.38. The molecule has 3 amide bonds. The lowest BCUT2D eigenvalue weighted by Crippen LogP contribution is -2.36. The van der Waals surface area contributed by atoms with Crippen LogP contribution in [0.3, 0.4) is 0 Å². The zero-order valence-electron chi connectivity index (χ0n) is 25.1. The summed E-state index contributed by atoms with van der Waals surface area (Å²) in [6.45, 7) is 13.3. The van der Waals surface area contributed by atoms with Crippen LogP contribution in [0, 0.1) is 11.8 Å². The molecule has 3 atom stereocenters. The summed E-state index contributed by atoms with van der Waals surface area (Å²) in [5.41, 5.74) is 1.64. The first-order chi connectivity index (χ1) is 19.2. The molecule has 2 aromatic rings. The predicted octanol–water partition coefficient (Wildman–Crippen LogP) is 5.97. The molecule has 224 valence electrons. The highest BCUT2D eigenvalue weighted by molar-refractivity contribution is 6.76. The molecule has 2 bridgehead atoms. The Bertz CT molecular complexity index is 1280. The van der Waals surface area contributed by atoms with Gasteiger partial charge >= 0.3 is 12.2 Å². The molecule has 1 aromatic heterocycles. The molecule has 41 heavy (non-hydrogen) atoms. The van der Waals surface area contributed by atoms with E-state index in [-0.39, 0.29) is 24.5 Å². The van der Waals surface area contributed by atoms with Crippen molar-refractivity contribution in [2.45, 2.75) is 84.1 Å². The Balaban J connectivity index is 1.73. The monoisotopic (exact) mass is 585 g/mol. The number of anilines is 2. The first-order valence-corrected chi connectivity index (χ1v) is 17.8. The normalized spacial score (nSPS) is 20.4. The van der Waals surface area contributed by atoms with E-state index >= 15 is 0 Å². The van der Waals surface area contributed by atoms with Crippen LogP contribution in [-0.4, -0.2) is 55.0 Å². The lowest BCUT2D eigenvalue weighted by molar-refractivity contribution is -0.116. The van der Waals surface area contributed by atoms with E-state index in [1.807, 2.05) is 31.5 Å². The third kappa shape index (κ3) is 8.80. The molecule has 2 aliphatic rings. The van der Waals surface area contributed by atoms with Crippen molar-refractivity contribution in [3.63, 3.8) is 0 Å². The number of amides is 3. The number of ether oxygens (including phenoxy) is 3. The maximum absolute atomic E-state index is 13.0. The number of hydrogen-bond acceptors (Lipinski definition) is 7. The minimum Gasteiger partial charge on any atom is -0.453 e. The van der Waals surface area contributed by atoms with Crippen LogP contribution in [0.4, 0.5) is 21.0 Å². The number of nitrogens with one attached hydrogen (secondary N) is 3. The molecule has 2 heterocycles. The van der Waals surface area contributed by atoms with Crippen LogP contribution in [0.25, 0.3) is 11.3 Å². The number of rotatable bonds is 7. The number of aromatic nitrogens is 2. The van der Waals surface area contributed by atoms with E-state index in [4.69, 9.17) is 19.2 Å². The van der Waals surface area contributed by atoms with Crippen LogP contribution in [-0.2, 0) is 25.7 Å². The van der Waals surface area contributed by atoms with Crippen LogP contribution in [0.15, 0.2) is 24.4 Å². The molecule has 1 aliphatic carbocycles. The molecule has 1 aromatic carbocycles. The van der Waals surface area contributed by atoms with E-state index in [1.165, 1.54) is 7.11 Å². The summed E-state index contributed by atoms with van der Waals surface area (Å²) >= 11 is 0. The predicted molar refractivity (Wildman–Crippen MR) is 159 cm³/mol. The average Bonchev–Trinajstić information content (AvgIpc) is 3.42. The Morgan fingerprint density at radius 1 is 1.15 bits per heavy atom. The zero-order chi connectivity index (χ0) is 29.9. The molecule has 0 saturated heterocycles. The number of methoxy groups -OCH3 is 1. The summed E-state index contributed by atoms with van der Waals surface area (Å²) in [5.74, 6) is 1.01. The third-order valence-corrected chi connectivity index (χ3v) is 8.80. The zero-order valence-corrected chi connectivity index (χ0v) is 26.1. The maximum atomic E-state index is 13.0. The molecule has 1 fully saturated rings. The van der Waals surface area contributed by atoms with Gasteiger partial charge in [-0.25, -0.2) is 14.6 Å². The number of alkyl carbamates (subject to hydrolysis) is 1. The number of carbonyl (C=O) groups is 3. The molecule has 1 saturated carbocycles. The third-order valence-electron chi connectivity index (χ3n) is 7.09. The number of carbonyl (C=O) groups excluding carboxylic acids is 3. The molecule has 0 radical (unpaired) electrons. The highest BCUT2D eigenvalue weighted by Gasteiger charge is 2.42. The van der Waals surface area contributed by atoms with Crippen LogP contribution in [0.1, 0.15) is 51.9 Å². The van der Waals surface area contributed by atoms with E-state index in [0.29, 0.717) is 47.9 Å². The highest BCUT2D eigenvalue weighted by Crippen LogP contribution is 2.47. The van der Waals surface area contributed by atoms with Gasteiger partial charge in [-0.3, -0.25) is 10.1 Å². The fourth-order valence-corrected chi connectivity index (χ4v) is 5.63. The minimum absolute atomic E-state index is 0.111. The second-order valence-corrected chi connectivity index (χ2v) is 18.7. The number of hydrogen-bond donors (Lipinski definition) is 3. The fraction of sp³-hybridized carbons (Fsp3) is 0.586. The molecular weight excluding hydrogens is 542 g/mol. The van der Waals surface area contributed by atoms with Gasteiger partial charge < -0.3 is 29.4 Å². The van der Waals surface area contributed by atoms with Crippen molar-refractivity contribution in [2.24, 2.45) is 11.8 Å². The Kier molecular flexibility index (Phi) is 9.12. The van der Waals surface area contributed by atoms with Crippen molar-refractivity contribution in [3.05, 3.63) is 30.2 Å². The summed E-state index contributed by atoms with van der Waals surface area (Å²) in [5, 5.41) is 8.73. The van der Waals surface area contributed by atoms with E-state index in [1.54, 1.807) is 18.2 Å². The number of fused-ring (bicyclic) bond motifs is 5. The van der Waals surface area contributed by atoms with Gasteiger partial charge in [0.25, 0.3) is 0 Å². The molecular formula is C29H43N5O6Si. The van der Waals surface area contributed by atoms with E-state index in [2.05, 4.69) is 35.6 Å². The summed E-state index contributed by atoms with van der Waals surface area (Å²) < 4.78 is 18.4. The molecule has 2 unspecified atom stereocenters. The van der Waals surface area contributed by atoms with Gasteiger partial charge in [0.05, 0.1) is 24.5 Å². The Morgan fingerprint density at radius 2 is 1.90 bits per heavy atom. The van der Waals surface area contributed by atoms with Crippen molar-refractivity contribution in [1.29, 1.82) is 0 Å². The number of nitrogens with zero attached hydrogens (tertiary/aromatic N) is 2. The average molecular weight is 586 g/mol. The SMILES string of the molecule is COC(=O)Nc1ccc2c(c1)NC(=O)CC1CC1C[C@H](NC(=O)OC(C)(C)C)c1nc-2cn1COCC[Si](C)(C)C. The van der Waals surface area contributed by atoms with Gasteiger partial charge in [0.2, 0.25) is 5.91 Å². The van der Waals surface area contributed by atoms with E-state index in [0.717, 1.165) is 12.5 Å². The van der Waals surface area contributed by atoms with Crippen LogP contribution < -0.4 is 16.0 Å². The van der Waals surface area contributed by atoms with Crippen LogP contribution in [0.5, 0.6) is 0 Å². The first-order valence-electron chi connectivity index (χ1n) is 14.1. The lowest BCUT2D eigenvalue weighted by Gasteiger charge is -2.24. The molecule has 4 rings (SSSR count). The summed E-state index contributed by atoms with van der Waals surface area (Å²) in [4.78, 5) is 42.8. The summed E-state index contributed by atoms with van der Waals surface area (Å²) in [6.07, 6.45) is 2.65. The van der Waals surface area contributed by atoms with Crippen molar-refractivity contribution in [1.82, 2.24) is 14.9 Å². The van der Waals surface area contributed by atoms with Gasteiger partial charge in [-0.05, 0) is 69.7 Å². The van der Waals surface area contributed by atoms with Crippen LogP contribution >= 0.6 is 0 Å². The van der Waals surface area contributed by atoms with Gasteiger partial charge in [0.15, 0.2) is 0 Å².